The quantitative estimate of drug-likeness (QED) is 0.762. The molecule has 2 aromatic heterocycles. The first-order chi connectivity index (χ1) is 7.91. The van der Waals surface area contributed by atoms with Gasteiger partial charge in [0.15, 0.2) is 5.82 Å². The highest BCUT2D eigenvalue weighted by Crippen LogP contribution is 2.14. The first-order valence-electron chi connectivity index (χ1n) is 5.58. The zero-order valence-electron chi connectivity index (χ0n) is 10.8. The molecule has 0 saturated carbocycles. The minimum Gasteiger partial charge on any atom is -0.343 e. The predicted octanol–water partition coefficient (Wildman–Crippen LogP) is 2.23. The molecular formula is C8H6BrN3. The normalized spacial score (nSPS) is 15.9. The summed E-state index contributed by atoms with van der Waals surface area (Å²) in [5.41, 5.74) is 0.0462. The molecule has 1 N–H and O–H groups in total. The summed E-state index contributed by atoms with van der Waals surface area (Å²) in [6, 6.07) is -0.717. The van der Waals surface area contributed by atoms with Crippen molar-refractivity contribution >= 4 is 15.9 Å². The Balaban J connectivity index is 2.68. The molecule has 60 valence electrons. The monoisotopic (exact) mass is 228 g/mol. The summed E-state index contributed by atoms with van der Waals surface area (Å²) in [6.45, 7) is 0. The molecule has 0 aliphatic rings. The summed E-state index contributed by atoms with van der Waals surface area (Å²) in [7, 11) is 0. The van der Waals surface area contributed by atoms with Crippen LogP contribution in [0.4, 0.5) is 0 Å². The van der Waals surface area contributed by atoms with Crippen molar-refractivity contribution in [1.82, 2.24) is 15.0 Å². The number of pyridine rings is 1. The van der Waals surface area contributed by atoms with E-state index in [1.54, 1.807) is 0 Å². The second-order valence-corrected chi connectivity index (χ2v) is 2.70. The standard InChI is InChI=1S/C8H6BrN3/c9-7-3-1-2-6(12-7)8-10-4-5-11-8/h1-5H,(H,10,11)/i1D,2D,3D,4D,5D. The Morgan fingerprint density at radius 3 is 3.17 bits per heavy atom. The van der Waals surface area contributed by atoms with E-state index in [1.807, 2.05) is 0 Å². The molecule has 0 radical (unpaired) electrons. The molecule has 0 aromatic carbocycles. The number of aromatic amines is 1. The van der Waals surface area contributed by atoms with E-state index >= 15 is 0 Å². The smallest absolute Gasteiger partial charge is 0.156 e. The first kappa shape index (κ1) is 3.70. The van der Waals surface area contributed by atoms with Gasteiger partial charge in [0.1, 0.15) is 10.3 Å². The van der Waals surface area contributed by atoms with Gasteiger partial charge in [0.25, 0.3) is 0 Å². The largest absolute Gasteiger partial charge is 0.343 e. The maximum Gasteiger partial charge on any atom is 0.156 e. The molecular weight excluding hydrogens is 218 g/mol. The Kier molecular flexibility index (Phi) is 0.945. The topological polar surface area (TPSA) is 41.6 Å². The van der Waals surface area contributed by atoms with Crippen LogP contribution < -0.4 is 0 Å². The summed E-state index contributed by atoms with van der Waals surface area (Å²) in [5.74, 6) is 0.0826. The lowest BCUT2D eigenvalue weighted by molar-refractivity contribution is 1.20. The molecule has 0 atom stereocenters. The number of rotatable bonds is 1. The SMILES string of the molecule is [2H]c1nc(-c2nc(Br)c([2H])c([2H])c2[2H])[nH]c1[2H]. The molecule has 0 aliphatic heterocycles. The van der Waals surface area contributed by atoms with E-state index in [4.69, 9.17) is 6.85 Å². The highest BCUT2D eigenvalue weighted by Gasteiger charge is 1.99. The van der Waals surface area contributed by atoms with Crippen LogP contribution in [0.25, 0.3) is 11.5 Å². The molecule has 2 rings (SSSR count). The van der Waals surface area contributed by atoms with Crippen molar-refractivity contribution < 1.29 is 6.85 Å². The van der Waals surface area contributed by atoms with Crippen molar-refractivity contribution in [1.29, 1.82) is 0 Å². The van der Waals surface area contributed by atoms with Gasteiger partial charge in [-0.2, -0.15) is 0 Å². The number of nitrogens with one attached hydrogen (secondary N) is 1. The predicted molar refractivity (Wildman–Crippen MR) is 49.5 cm³/mol. The van der Waals surface area contributed by atoms with Gasteiger partial charge in [0.05, 0.1) is 6.85 Å². The van der Waals surface area contributed by atoms with E-state index in [0.717, 1.165) is 0 Å². The number of halogens is 1. The molecule has 4 heteroatoms. The maximum atomic E-state index is 7.68. The molecule has 0 amide bonds. The second-order valence-electron chi connectivity index (χ2n) is 1.95. The van der Waals surface area contributed by atoms with Gasteiger partial charge >= 0.3 is 0 Å². The van der Waals surface area contributed by atoms with Crippen LogP contribution in [0.5, 0.6) is 0 Å². The molecule has 0 spiro atoms. The lowest BCUT2D eigenvalue weighted by atomic mass is 10.3. The third-order valence-electron chi connectivity index (χ3n) is 1.19. The van der Waals surface area contributed by atoms with E-state index < -0.39 is 0 Å². The van der Waals surface area contributed by atoms with Gasteiger partial charge in [-0.3, -0.25) is 0 Å². The summed E-state index contributed by atoms with van der Waals surface area (Å²) in [5, 5.41) is 0. The Morgan fingerprint density at radius 2 is 2.42 bits per heavy atom. The van der Waals surface area contributed by atoms with E-state index in [0.29, 0.717) is 0 Å². The Labute approximate surface area is 85.0 Å². The number of H-pyrrole nitrogens is 1. The fourth-order valence-electron chi connectivity index (χ4n) is 0.719. The van der Waals surface area contributed by atoms with E-state index in [9.17, 15) is 0 Å². The number of nitrogens with zero attached hydrogens (tertiary/aromatic N) is 2. The fraction of sp³-hybridized carbons (Fsp3) is 0. The lowest BCUT2D eigenvalue weighted by Crippen LogP contribution is -1.84. The van der Waals surface area contributed by atoms with Crippen LogP contribution in [0.2, 0.25) is 0 Å². The average molecular weight is 229 g/mol. The highest BCUT2D eigenvalue weighted by atomic mass is 79.9. The van der Waals surface area contributed by atoms with E-state index in [2.05, 4.69) is 30.9 Å². The van der Waals surface area contributed by atoms with Gasteiger partial charge in [0, 0.05) is 12.3 Å². The van der Waals surface area contributed by atoms with Crippen molar-refractivity contribution in [2.24, 2.45) is 0 Å². The minimum absolute atomic E-state index is 0.0462. The minimum atomic E-state index is -0.281. The van der Waals surface area contributed by atoms with Crippen LogP contribution in [0.1, 0.15) is 6.85 Å². The van der Waals surface area contributed by atoms with Crippen LogP contribution >= 0.6 is 15.9 Å². The highest BCUT2D eigenvalue weighted by molar-refractivity contribution is 9.10. The molecule has 0 unspecified atom stereocenters. The molecule has 0 fully saturated rings. The summed E-state index contributed by atoms with van der Waals surface area (Å²) in [6.07, 6.45) is -0.433. The summed E-state index contributed by atoms with van der Waals surface area (Å²) < 4.78 is 37.4. The maximum absolute atomic E-state index is 7.68. The van der Waals surface area contributed by atoms with Crippen LogP contribution in [0.15, 0.2) is 35.1 Å². The zero-order chi connectivity index (χ0) is 12.7. The third kappa shape index (κ3) is 1.38. The van der Waals surface area contributed by atoms with Gasteiger partial charge in [0.2, 0.25) is 0 Å². The van der Waals surface area contributed by atoms with Gasteiger partial charge in [-0.1, -0.05) is 6.04 Å². The summed E-state index contributed by atoms with van der Waals surface area (Å²) >= 11 is 3.02. The van der Waals surface area contributed by atoms with Crippen molar-refractivity contribution in [3.8, 4) is 11.5 Å². The number of imidazole rings is 1. The molecule has 0 aliphatic carbocycles. The number of hydrogen-bond donors (Lipinski definition) is 1. The molecule has 12 heavy (non-hydrogen) atoms. The van der Waals surface area contributed by atoms with Crippen molar-refractivity contribution in [3.05, 3.63) is 35.1 Å². The van der Waals surface area contributed by atoms with Crippen LogP contribution in [0.3, 0.4) is 0 Å². The number of aromatic nitrogens is 3. The van der Waals surface area contributed by atoms with Crippen molar-refractivity contribution in [2.75, 3.05) is 0 Å². The van der Waals surface area contributed by atoms with Gasteiger partial charge in [-0.15, -0.1) is 0 Å². The first-order valence-corrected chi connectivity index (χ1v) is 3.88. The molecule has 0 saturated heterocycles. The van der Waals surface area contributed by atoms with Gasteiger partial charge in [-0.05, 0) is 28.0 Å². The molecule has 2 heterocycles. The van der Waals surface area contributed by atoms with Crippen LogP contribution in [-0.4, -0.2) is 15.0 Å². The van der Waals surface area contributed by atoms with Gasteiger partial charge in [-0.25, -0.2) is 9.97 Å². The van der Waals surface area contributed by atoms with E-state index in [1.165, 1.54) is 0 Å². The molecule has 0 bridgehead atoms. The van der Waals surface area contributed by atoms with E-state index in [-0.39, 0.29) is 46.6 Å². The Morgan fingerprint density at radius 1 is 1.50 bits per heavy atom. The average Bonchev–Trinajstić information content (AvgIpc) is 2.61. The van der Waals surface area contributed by atoms with Gasteiger partial charge < -0.3 is 4.98 Å². The second kappa shape index (κ2) is 3.06. The van der Waals surface area contributed by atoms with Crippen molar-refractivity contribution in [2.45, 2.75) is 0 Å². The Hall–Kier alpha value is -1.16. The van der Waals surface area contributed by atoms with Crippen LogP contribution in [-0.2, 0) is 0 Å². The Bertz CT molecular complexity index is 578. The van der Waals surface area contributed by atoms with Crippen LogP contribution in [0, 0.1) is 0 Å². The third-order valence-corrected chi connectivity index (χ3v) is 1.56. The molecule has 3 nitrogen and oxygen atoms in total. The molecule has 2 aromatic rings. The zero-order valence-corrected chi connectivity index (χ0v) is 7.36. The lowest BCUT2D eigenvalue weighted by Gasteiger charge is -1.94. The summed E-state index contributed by atoms with van der Waals surface area (Å²) in [4.78, 5) is 10.1. The fourth-order valence-corrected chi connectivity index (χ4v) is 0.996. The number of hydrogen-bond acceptors (Lipinski definition) is 2. The van der Waals surface area contributed by atoms with Crippen molar-refractivity contribution in [3.63, 3.8) is 0 Å².